The van der Waals surface area contributed by atoms with E-state index >= 15 is 0 Å². The van der Waals surface area contributed by atoms with Crippen LogP contribution in [0.15, 0.2) is 18.2 Å². The van der Waals surface area contributed by atoms with Gasteiger partial charge in [0.25, 0.3) is 10.1 Å². The van der Waals surface area contributed by atoms with E-state index in [4.69, 9.17) is 4.55 Å². The Labute approximate surface area is 129 Å². The van der Waals surface area contributed by atoms with E-state index < -0.39 is 27.3 Å². The molecule has 0 amide bonds. The van der Waals surface area contributed by atoms with Gasteiger partial charge in [-0.25, -0.2) is 0 Å². The smallest absolute Gasteiger partial charge is 0.264 e. The van der Waals surface area contributed by atoms with Gasteiger partial charge in [-0.05, 0) is 30.5 Å². The molecule has 9 nitrogen and oxygen atoms in total. The molecule has 1 atom stereocenters. The molecule has 1 aliphatic rings. The topological polar surface area (TPSA) is 151 Å². The van der Waals surface area contributed by atoms with Crippen molar-refractivity contribution in [3.8, 4) is 5.75 Å². The van der Waals surface area contributed by atoms with Gasteiger partial charge in [0, 0.05) is 0 Å². The summed E-state index contributed by atoms with van der Waals surface area (Å²) in [4.78, 5) is 0. The summed E-state index contributed by atoms with van der Waals surface area (Å²) < 4.78 is 52.8. The molecule has 22 heavy (non-hydrogen) atoms. The second kappa shape index (κ2) is 6.20. The number of anilines is 1. The van der Waals surface area contributed by atoms with Crippen molar-refractivity contribution in [1.82, 2.24) is 4.72 Å². The summed E-state index contributed by atoms with van der Waals surface area (Å²) in [7, 11) is -7.42. The normalized spacial score (nSPS) is 22.7. The maximum absolute atomic E-state index is 10.6. The number of benzene rings is 1. The Morgan fingerprint density at radius 1 is 1.36 bits per heavy atom. The maximum atomic E-state index is 10.6. The van der Waals surface area contributed by atoms with Crippen LogP contribution in [0.4, 0.5) is 5.69 Å². The zero-order valence-corrected chi connectivity index (χ0v) is 13.1. The van der Waals surface area contributed by atoms with Gasteiger partial charge in [-0.3, -0.25) is 18.0 Å². The predicted molar refractivity (Wildman–Crippen MR) is 82.2 cm³/mol. The summed E-state index contributed by atoms with van der Waals surface area (Å²) in [6.07, 6.45) is -0.611. The van der Waals surface area contributed by atoms with Crippen molar-refractivity contribution in [2.75, 3.05) is 16.6 Å². The van der Waals surface area contributed by atoms with E-state index in [0.717, 1.165) is 4.31 Å². The van der Waals surface area contributed by atoms with E-state index in [1.807, 2.05) is 0 Å². The van der Waals surface area contributed by atoms with Crippen LogP contribution >= 0.6 is 11.0 Å². The van der Waals surface area contributed by atoms with Crippen LogP contribution in [0.5, 0.6) is 5.75 Å². The Balaban J connectivity index is 2.10. The first-order chi connectivity index (χ1) is 10.1. The van der Waals surface area contributed by atoms with Gasteiger partial charge in [0.15, 0.2) is 0 Å². The monoisotopic (exact) mass is 354 g/mol. The first-order valence-electron chi connectivity index (χ1n) is 6.37. The third-order valence-electron chi connectivity index (χ3n) is 3.12. The Bertz CT molecular complexity index is 650. The molecule has 0 spiro atoms. The second-order valence-electron chi connectivity index (χ2n) is 4.93. The Kier molecular flexibility index (Phi) is 4.87. The van der Waals surface area contributed by atoms with Gasteiger partial charge in [-0.2, -0.15) is 13.1 Å². The summed E-state index contributed by atoms with van der Waals surface area (Å²) in [6.45, 7) is -0.0992. The quantitative estimate of drug-likeness (QED) is 0.416. The molecule has 1 unspecified atom stereocenters. The molecule has 0 aromatic heterocycles. The van der Waals surface area contributed by atoms with E-state index in [0.29, 0.717) is 12.0 Å². The summed E-state index contributed by atoms with van der Waals surface area (Å²) in [5.41, 5.74) is 0.775. The molecule has 1 aliphatic heterocycles. The molecule has 126 valence electrons. The molecule has 0 aliphatic carbocycles. The summed E-state index contributed by atoms with van der Waals surface area (Å²) in [5.74, 6) is -0.599. The fourth-order valence-corrected chi connectivity index (χ4v) is 4.03. The third-order valence-corrected chi connectivity index (χ3v) is 5.47. The minimum absolute atomic E-state index is 0.0992. The zero-order valence-electron chi connectivity index (χ0n) is 11.5. The lowest BCUT2D eigenvalue weighted by molar-refractivity contribution is 0.182. The molecule has 1 aromatic carbocycles. The fraction of sp³-hybridized carbons (Fsp3) is 0.455. The Morgan fingerprint density at radius 3 is 2.55 bits per heavy atom. The molecule has 1 aromatic rings. The summed E-state index contributed by atoms with van der Waals surface area (Å²) in [5, 5.41) is 19.4. The Morgan fingerprint density at radius 2 is 2.05 bits per heavy atom. The molecule has 0 radical (unpaired) electrons. The van der Waals surface area contributed by atoms with Crippen molar-refractivity contribution in [2.24, 2.45) is 0 Å². The lowest BCUT2D eigenvalue weighted by Crippen LogP contribution is -2.25. The molecular formula is C11H18N2O7S2. The van der Waals surface area contributed by atoms with Crippen LogP contribution in [0.3, 0.4) is 0 Å². The van der Waals surface area contributed by atoms with Gasteiger partial charge in [0.1, 0.15) is 17.7 Å². The van der Waals surface area contributed by atoms with E-state index in [-0.39, 0.29) is 30.2 Å². The molecule has 11 heteroatoms. The zero-order chi connectivity index (χ0) is 16.5. The summed E-state index contributed by atoms with van der Waals surface area (Å²) >= 11 is 0. The lowest BCUT2D eigenvalue weighted by Gasteiger charge is -2.36. The van der Waals surface area contributed by atoms with E-state index in [1.54, 1.807) is 6.07 Å². The molecule has 1 heterocycles. The van der Waals surface area contributed by atoms with Crippen LogP contribution in [-0.4, -0.2) is 50.8 Å². The number of nitrogens with zero attached hydrogens (tertiary/aromatic N) is 1. The predicted octanol–water partition coefficient (Wildman–Crippen LogP) is 0.521. The first kappa shape index (κ1) is 17.3. The SMILES string of the molecule is O=S(=O)(O)CCCc1ccc(N2CC(O)NS2(O)O)c(O)c1. The minimum Gasteiger partial charge on any atom is -0.506 e. The number of phenolic OH excluding ortho intramolecular Hbond substituents is 1. The van der Waals surface area contributed by atoms with Gasteiger partial charge in [0.05, 0.1) is 12.3 Å². The highest BCUT2D eigenvalue weighted by Crippen LogP contribution is 2.49. The van der Waals surface area contributed by atoms with Crippen LogP contribution in [0, 0.1) is 0 Å². The van der Waals surface area contributed by atoms with Crippen molar-refractivity contribution in [1.29, 1.82) is 0 Å². The Hall–Kier alpha value is -1.08. The standard InChI is InChI=1S/C11H18N2O7S2/c14-10-6-8(2-1-5-21(16,17)18)3-4-9(10)13-7-11(15)12-22(13,19)20/h3-4,6,11-12,14-15,19-20H,1-2,5,7H2,(H,16,17,18). The van der Waals surface area contributed by atoms with E-state index in [9.17, 15) is 27.7 Å². The molecule has 0 saturated carbocycles. The summed E-state index contributed by atoms with van der Waals surface area (Å²) in [6, 6.07) is 4.42. The first-order valence-corrected chi connectivity index (χ1v) is 9.48. The van der Waals surface area contributed by atoms with E-state index in [2.05, 4.69) is 4.72 Å². The van der Waals surface area contributed by atoms with Crippen LogP contribution < -0.4 is 9.03 Å². The maximum Gasteiger partial charge on any atom is 0.264 e. The number of rotatable bonds is 5. The lowest BCUT2D eigenvalue weighted by atomic mass is 10.1. The van der Waals surface area contributed by atoms with Gasteiger partial charge in [-0.1, -0.05) is 17.0 Å². The minimum atomic E-state index is -4.02. The molecule has 0 bridgehead atoms. The van der Waals surface area contributed by atoms with Gasteiger partial charge >= 0.3 is 0 Å². The van der Waals surface area contributed by atoms with Crippen LogP contribution in [-0.2, 0) is 16.5 Å². The third kappa shape index (κ3) is 4.23. The molecule has 6 N–H and O–H groups in total. The van der Waals surface area contributed by atoms with Crippen LogP contribution in [0.1, 0.15) is 12.0 Å². The highest BCUT2D eigenvalue weighted by molar-refractivity contribution is 8.24. The van der Waals surface area contributed by atoms with Gasteiger partial charge in [0.2, 0.25) is 0 Å². The number of hydrogen-bond acceptors (Lipinski definition) is 8. The number of phenols is 1. The number of aromatic hydroxyl groups is 1. The van der Waals surface area contributed by atoms with Gasteiger partial charge < -0.3 is 10.2 Å². The number of aliphatic hydroxyl groups is 1. The van der Waals surface area contributed by atoms with Crippen molar-refractivity contribution in [2.45, 2.75) is 19.1 Å². The number of aryl methyl sites for hydroxylation is 1. The van der Waals surface area contributed by atoms with Crippen molar-refractivity contribution < 1.29 is 32.3 Å². The average Bonchev–Trinajstić information content (AvgIpc) is 2.61. The van der Waals surface area contributed by atoms with Crippen LogP contribution in [0.25, 0.3) is 0 Å². The number of β-amino-alcohol motifs (C(OH)–C–C–N with tert-alkyl or cyclic N) is 1. The van der Waals surface area contributed by atoms with Crippen molar-refractivity contribution in [3.05, 3.63) is 23.8 Å². The molecular weight excluding hydrogens is 336 g/mol. The number of nitrogens with one attached hydrogen (secondary N) is 1. The fourth-order valence-electron chi connectivity index (χ4n) is 2.17. The number of aliphatic hydroxyl groups excluding tert-OH is 1. The largest absolute Gasteiger partial charge is 0.506 e. The molecule has 2 rings (SSSR count). The van der Waals surface area contributed by atoms with Crippen LogP contribution in [0.2, 0.25) is 0 Å². The molecule has 1 saturated heterocycles. The average molecular weight is 354 g/mol. The van der Waals surface area contributed by atoms with Gasteiger partial charge in [-0.15, -0.1) is 0 Å². The second-order valence-corrected chi connectivity index (χ2v) is 8.21. The van der Waals surface area contributed by atoms with Crippen molar-refractivity contribution >= 4 is 26.8 Å². The van der Waals surface area contributed by atoms with Crippen molar-refractivity contribution in [3.63, 3.8) is 0 Å². The highest BCUT2D eigenvalue weighted by Gasteiger charge is 2.36. The highest BCUT2D eigenvalue weighted by atomic mass is 32.3. The molecule has 1 fully saturated rings. The number of hydrogen-bond donors (Lipinski definition) is 6. The van der Waals surface area contributed by atoms with E-state index in [1.165, 1.54) is 12.1 Å².